The van der Waals surface area contributed by atoms with Crippen LogP contribution in [0.5, 0.6) is 0 Å². The van der Waals surface area contributed by atoms with E-state index in [-0.39, 0.29) is 25.8 Å². The smallest absolute Gasteiger partial charge is 0.0611 e. The van der Waals surface area contributed by atoms with Crippen molar-refractivity contribution in [2.24, 2.45) is 0 Å². The van der Waals surface area contributed by atoms with Gasteiger partial charge in [-0.2, -0.15) is 0 Å². The molecule has 0 fully saturated rings. The largest absolute Gasteiger partial charge is 0.333 e. The van der Waals surface area contributed by atoms with E-state index in [2.05, 4.69) is 92.1 Å². The molecule has 0 unspecified atom stereocenters. The standard InChI is InChI=1S/2C10H13.2BrH.Ti/c2*1-10(2,3)9-7-5-4-6-8-9;;;/h2*4-8H,1H2,2-3H3;2*1H;/q2*-1;;;+2/p-2. The van der Waals surface area contributed by atoms with Gasteiger partial charge in [-0.15, -0.1) is 10.8 Å². The summed E-state index contributed by atoms with van der Waals surface area (Å²) < 4.78 is 0. The van der Waals surface area contributed by atoms with Gasteiger partial charge in [-0.25, -0.2) is 0 Å². The van der Waals surface area contributed by atoms with Gasteiger partial charge in [-0.3, -0.25) is 0 Å². The Morgan fingerprint density at radius 2 is 0.870 bits per heavy atom. The van der Waals surface area contributed by atoms with Crippen LogP contribution in [-0.4, -0.2) is 0 Å². The van der Waals surface area contributed by atoms with E-state index < -0.39 is 0 Å². The van der Waals surface area contributed by atoms with Crippen LogP contribution in [0.25, 0.3) is 0 Å². The molecule has 0 N–H and O–H groups in total. The monoisotopic (exact) mass is 472 g/mol. The summed E-state index contributed by atoms with van der Waals surface area (Å²) in [5, 5.41) is 0. The van der Waals surface area contributed by atoms with Gasteiger partial charge in [0, 0.05) is 0 Å². The zero-order valence-corrected chi connectivity index (χ0v) is 19.2. The minimum Gasteiger partial charge on any atom is -0.333 e. The van der Waals surface area contributed by atoms with Crippen LogP contribution >= 0.6 is 26.3 Å². The van der Waals surface area contributed by atoms with Crippen molar-refractivity contribution in [3.8, 4) is 0 Å². The number of rotatable bonds is 2. The first-order chi connectivity index (χ1) is 10.6. The molecule has 0 aliphatic rings. The van der Waals surface area contributed by atoms with Gasteiger partial charge < -0.3 is 13.8 Å². The third-order valence-electron chi connectivity index (χ3n) is 3.11. The Labute approximate surface area is 164 Å². The molecule has 0 amide bonds. The summed E-state index contributed by atoms with van der Waals surface area (Å²) in [5.74, 6) is 0. The minimum absolute atomic E-state index is 0.0429. The van der Waals surface area contributed by atoms with Crippen LogP contribution in [0.2, 0.25) is 0 Å². The molecule has 0 saturated heterocycles. The van der Waals surface area contributed by atoms with Crippen LogP contribution in [0.1, 0.15) is 38.8 Å². The molecule has 0 aliphatic heterocycles. The predicted molar refractivity (Wildman–Crippen MR) is 108 cm³/mol. The van der Waals surface area contributed by atoms with E-state index in [0.717, 1.165) is 0 Å². The van der Waals surface area contributed by atoms with Gasteiger partial charge in [0.25, 0.3) is 0 Å². The van der Waals surface area contributed by atoms with Crippen molar-refractivity contribution in [3.63, 3.8) is 0 Å². The number of benzene rings is 2. The molecule has 0 aliphatic carbocycles. The summed E-state index contributed by atoms with van der Waals surface area (Å²) in [7, 11) is 0. The fourth-order valence-electron chi connectivity index (χ4n) is 1.78. The van der Waals surface area contributed by atoms with Gasteiger partial charge in [0.1, 0.15) is 0 Å². The van der Waals surface area contributed by atoms with Crippen LogP contribution in [-0.2, 0) is 25.8 Å². The Hall–Kier alpha value is 0.114. The molecule has 2 aromatic carbocycles. The molecule has 0 nitrogen and oxygen atoms in total. The molecule has 23 heavy (non-hydrogen) atoms. The predicted octanol–water partition coefficient (Wildman–Crippen LogP) is 7.29. The summed E-state index contributed by atoms with van der Waals surface area (Å²) >= 11 is 6.50. The van der Waals surface area contributed by atoms with Gasteiger partial charge in [-0.1, -0.05) is 99.5 Å². The van der Waals surface area contributed by atoms with Crippen molar-refractivity contribution in [2.45, 2.75) is 38.5 Å². The quantitative estimate of drug-likeness (QED) is 0.317. The Morgan fingerprint density at radius 3 is 1.00 bits per heavy atom. The second-order valence-corrected chi connectivity index (χ2v) is 14.5. The van der Waals surface area contributed by atoms with Gasteiger partial charge in [0.05, 0.1) is 0 Å². The average molecular weight is 474 g/mol. The van der Waals surface area contributed by atoms with E-state index in [4.69, 9.17) is 0 Å². The van der Waals surface area contributed by atoms with E-state index in [0.29, 0.717) is 0 Å². The fourth-order valence-corrected chi connectivity index (χ4v) is 1.78. The maximum Gasteiger partial charge on any atom is -0.0611 e. The van der Waals surface area contributed by atoms with Gasteiger partial charge in [0.15, 0.2) is 0 Å². The molecule has 126 valence electrons. The molecule has 0 aromatic heterocycles. The molecule has 2 rings (SSSR count). The summed E-state index contributed by atoms with van der Waals surface area (Å²) in [4.78, 5) is 0. The number of halogens is 2. The zero-order chi connectivity index (χ0) is 17.9. The molecular formula is C20H26Br2Ti-2. The first-order valence-electron chi connectivity index (χ1n) is 7.41. The fraction of sp³-hybridized carbons (Fsp3) is 0.300. The molecule has 0 spiro atoms. The van der Waals surface area contributed by atoms with E-state index in [1.165, 1.54) is 11.1 Å². The third kappa shape index (κ3) is 11.3. The van der Waals surface area contributed by atoms with Crippen molar-refractivity contribution in [3.05, 3.63) is 85.6 Å². The summed E-state index contributed by atoms with van der Waals surface area (Å²) in [6, 6.07) is 20.6. The maximum absolute atomic E-state index is 4.04. The van der Waals surface area contributed by atoms with Crippen molar-refractivity contribution >= 4 is 26.3 Å². The molecule has 0 heterocycles. The molecule has 0 bridgehead atoms. The van der Waals surface area contributed by atoms with Crippen LogP contribution in [0.15, 0.2) is 60.7 Å². The third-order valence-corrected chi connectivity index (χ3v) is 3.11. The van der Waals surface area contributed by atoms with Crippen molar-refractivity contribution < 1.29 is 15.0 Å². The van der Waals surface area contributed by atoms with E-state index in [1.807, 2.05) is 36.4 Å². The molecule has 0 atom stereocenters. The first kappa shape index (κ1) is 23.1. The van der Waals surface area contributed by atoms with Crippen LogP contribution in [0, 0.1) is 13.8 Å². The molecule has 2 aromatic rings. The number of hydrogen-bond acceptors (Lipinski definition) is 0. The normalized spacial score (nSPS) is 10.6. The zero-order valence-electron chi connectivity index (χ0n) is 14.4. The first-order valence-corrected chi connectivity index (χ1v) is 15.1. The van der Waals surface area contributed by atoms with E-state index in [9.17, 15) is 0 Å². The molecule has 0 saturated carbocycles. The Balaban J connectivity index is 0.000000360. The van der Waals surface area contributed by atoms with Crippen molar-refractivity contribution in [1.29, 1.82) is 0 Å². The van der Waals surface area contributed by atoms with Gasteiger partial charge >= 0.3 is 41.3 Å². The SMILES string of the molecule is [Br][Ti][Br].[CH2-]C(C)(C)c1ccccc1.[CH2-]C(C)(C)c1ccccc1. The molecule has 3 heteroatoms. The topological polar surface area (TPSA) is 0 Å². The summed E-state index contributed by atoms with van der Waals surface area (Å²) in [5.41, 5.74) is 2.66. The Bertz CT molecular complexity index is 461. The summed E-state index contributed by atoms with van der Waals surface area (Å²) in [6.07, 6.45) is 0. The second-order valence-electron chi connectivity index (χ2n) is 6.57. The second kappa shape index (κ2) is 11.6. The summed E-state index contributed by atoms with van der Waals surface area (Å²) in [6.45, 7) is 16.5. The van der Waals surface area contributed by atoms with Crippen molar-refractivity contribution in [1.82, 2.24) is 0 Å². The van der Waals surface area contributed by atoms with Crippen LogP contribution < -0.4 is 0 Å². The Morgan fingerprint density at radius 1 is 0.652 bits per heavy atom. The van der Waals surface area contributed by atoms with E-state index >= 15 is 0 Å². The van der Waals surface area contributed by atoms with Gasteiger partial charge in [0.2, 0.25) is 0 Å². The molecule has 0 radical (unpaired) electrons. The molecular weight excluding hydrogens is 448 g/mol. The number of hydrogen-bond donors (Lipinski definition) is 0. The van der Waals surface area contributed by atoms with Gasteiger partial charge in [-0.05, 0) is 0 Å². The van der Waals surface area contributed by atoms with E-state index in [1.54, 1.807) is 0 Å². The minimum atomic E-state index is 0.0429. The maximum atomic E-state index is 4.04. The Kier molecular flexibility index (Phi) is 11.7. The van der Waals surface area contributed by atoms with Crippen molar-refractivity contribution in [2.75, 3.05) is 0 Å². The van der Waals surface area contributed by atoms with Crippen LogP contribution in [0.4, 0.5) is 0 Å². The average Bonchev–Trinajstić information content (AvgIpc) is 2.49. The van der Waals surface area contributed by atoms with Crippen LogP contribution in [0.3, 0.4) is 0 Å².